The molecule has 3 nitrogen and oxygen atoms in total. The molecule has 1 aliphatic rings. The van der Waals surface area contributed by atoms with Crippen molar-refractivity contribution in [3.05, 3.63) is 12.2 Å². The van der Waals surface area contributed by atoms with Crippen molar-refractivity contribution in [1.29, 1.82) is 0 Å². The molecule has 1 heterocycles. The van der Waals surface area contributed by atoms with Gasteiger partial charge in [-0.1, -0.05) is 38.8 Å². The Bertz CT molecular complexity index is 405. The minimum Gasteiger partial charge on any atom is -0.465 e. The predicted octanol–water partition coefficient (Wildman–Crippen LogP) is 4.84. The van der Waals surface area contributed by atoms with Crippen molar-refractivity contribution in [2.75, 3.05) is 6.61 Å². The number of hydrogen-bond donors (Lipinski definition) is 0. The minimum absolute atomic E-state index is 0.203. The number of hydrogen-bond acceptors (Lipinski definition) is 3. The summed E-state index contributed by atoms with van der Waals surface area (Å²) in [7, 11) is 0. The van der Waals surface area contributed by atoms with Crippen LogP contribution >= 0.6 is 0 Å². The second-order valence-electron chi connectivity index (χ2n) is 7.57. The molecule has 0 atom stereocenters. The smallest absolute Gasteiger partial charge is 0.312 e. The van der Waals surface area contributed by atoms with Crippen molar-refractivity contribution in [2.24, 2.45) is 10.8 Å². The summed E-state index contributed by atoms with van der Waals surface area (Å²) >= 11 is 0. The molecule has 0 aromatic heterocycles. The van der Waals surface area contributed by atoms with E-state index in [2.05, 4.69) is 12.2 Å². The van der Waals surface area contributed by atoms with Gasteiger partial charge >= 0.3 is 5.97 Å². The van der Waals surface area contributed by atoms with Crippen LogP contribution in [0.5, 0.6) is 0 Å². The van der Waals surface area contributed by atoms with Crippen LogP contribution in [0.3, 0.4) is 0 Å². The zero-order chi connectivity index (χ0) is 16.6. The van der Waals surface area contributed by atoms with E-state index >= 15 is 0 Å². The van der Waals surface area contributed by atoms with Crippen molar-refractivity contribution in [2.45, 2.75) is 79.1 Å². The normalized spacial score (nSPS) is 26.2. The topological polar surface area (TPSA) is 43.4 Å². The van der Waals surface area contributed by atoms with Crippen molar-refractivity contribution in [3.8, 4) is 0 Å². The van der Waals surface area contributed by atoms with Gasteiger partial charge in [0, 0.05) is 12.8 Å². The van der Waals surface area contributed by atoms with Gasteiger partial charge in [-0.05, 0) is 44.9 Å². The first-order valence-corrected chi connectivity index (χ1v) is 8.61. The average Bonchev–Trinajstić information content (AvgIpc) is 2.42. The van der Waals surface area contributed by atoms with Gasteiger partial charge in [0.25, 0.3) is 0 Å². The minimum atomic E-state index is -0.663. The summed E-state index contributed by atoms with van der Waals surface area (Å²) in [6.45, 7) is 8.19. The highest BCUT2D eigenvalue weighted by Crippen LogP contribution is 2.42. The zero-order valence-electron chi connectivity index (χ0n) is 14.7. The summed E-state index contributed by atoms with van der Waals surface area (Å²) in [5, 5.41) is 0. The van der Waals surface area contributed by atoms with Crippen molar-refractivity contribution >= 4 is 11.8 Å². The maximum absolute atomic E-state index is 12.4. The molecule has 0 aromatic carbocycles. The highest BCUT2D eigenvalue weighted by Gasteiger charge is 2.45. The number of ketones is 1. The lowest BCUT2D eigenvalue weighted by molar-refractivity contribution is -0.161. The maximum Gasteiger partial charge on any atom is 0.312 e. The summed E-state index contributed by atoms with van der Waals surface area (Å²) in [6, 6.07) is 0. The number of Topliss-reactive ketones (excluding diaryl/α,β-unsaturated/α-hetero) is 1. The summed E-state index contributed by atoms with van der Waals surface area (Å²) in [6.07, 6.45) is 11.6. The molecule has 0 bridgehead atoms. The van der Waals surface area contributed by atoms with E-state index in [4.69, 9.17) is 4.74 Å². The number of cyclic esters (lactones) is 1. The van der Waals surface area contributed by atoms with Gasteiger partial charge in [-0.3, -0.25) is 9.59 Å². The molecule has 0 fully saturated rings. The Balaban J connectivity index is 2.77. The Kier molecular flexibility index (Phi) is 7.31. The van der Waals surface area contributed by atoms with Crippen molar-refractivity contribution in [1.82, 2.24) is 0 Å². The molecule has 126 valence electrons. The van der Waals surface area contributed by atoms with Gasteiger partial charge in [0.05, 0.1) is 12.0 Å². The summed E-state index contributed by atoms with van der Waals surface area (Å²) < 4.78 is 5.43. The number of rotatable bonds is 0. The molecule has 22 heavy (non-hydrogen) atoms. The SMILES string of the molecule is CC1(C)CC(=O)CCCCCC/C=C\CCOC(=O)C1(C)C. The Morgan fingerprint density at radius 3 is 2.27 bits per heavy atom. The van der Waals surface area contributed by atoms with E-state index in [1.54, 1.807) is 0 Å². The van der Waals surface area contributed by atoms with Crippen molar-refractivity contribution in [3.63, 3.8) is 0 Å². The molecule has 0 N–H and O–H groups in total. The van der Waals surface area contributed by atoms with Crippen LogP contribution in [0.4, 0.5) is 0 Å². The number of ether oxygens (including phenoxy) is 1. The van der Waals surface area contributed by atoms with E-state index in [-0.39, 0.29) is 11.8 Å². The fraction of sp³-hybridized carbons (Fsp3) is 0.789. The fourth-order valence-corrected chi connectivity index (χ4v) is 2.65. The number of esters is 1. The Morgan fingerprint density at radius 2 is 1.55 bits per heavy atom. The molecule has 0 saturated heterocycles. The second-order valence-corrected chi connectivity index (χ2v) is 7.57. The van der Waals surface area contributed by atoms with Crippen LogP contribution in [-0.2, 0) is 14.3 Å². The molecule has 1 aliphatic heterocycles. The molecular formula is C19H32O3. The summed E-state index contributed by atoms with van der Waals surface area (Å²) in [5.41, 5.74) is -1.06. The van der Waals surface area contributed by atoms with Crippen LogP contribution in [0.2, 0.25) is 0 Å². The standard InChI is InChI=1S/C19H32O3/c1-18(2)15-16(20)13-11-9-7-5-6-8-10-12-14-22-17(21)19(18,3)4/h8,10H,5-7,9,11-15H2,1-4H3/b10-8-. The molecular weight excluding hydrogens is 276 g/mol. The lowest BCUT2D eigenvalue weighted by Gasteiger charge is -2.39. The molecule has 3 heteroatoms. The van der Waals surface area contributed by atoms with Gasteiger partial charge in [-0.15, -0.1) is 0 Å². The van der Waals surface area contributed by atoms with E-state index in [1.165, 1.54) is 12.8 Å². The van der Waals surface area contributed by atoms with Gasteiger partial charge < -0.3 is 4.74 Å². The molecule has 0 aromatic rings. The number of allylic oxidation sites excluding steroid dienone is 1. The highest BCUT2D eigenvalue weighted by atomic mass is 16.5. The van der Waals surface area contributed by atoms with Gasteiger partial charge in [0.1, 0.15) is 5.78 Å². The van der Waals surface area contributed by atoms with E-state index in [0.29, 0.717) is 19.4 Å². The quantitative estimate of drug-likeness (QED) is 0.475. The first-order chi connectivity index (χ1) is 10.3. The summed E-state index contributed by atoms with van der Waals surface area (Å²) in [5.74, 6) is 0.0589. The first-order valence-electron chi connectivity index (χ1n) is 8.61. The lowest BCUT2D eigenvalue weighted by Crippen LogP contribution is -2.42. The first kappa shape index (κ1) is 18.9. The van der Waals surface area contributed by atoms with Gasteiger partial charge in [-0.2, -0.15) is 0 Å². The molecule has 0 saturated carbocycles. The molecule has 0 unspecified atom stereocenters. The van der Waals surface area contributed by atoms with Gasteiger partial charge in [0.2, 0.25) is 0 Å². The predicted molar refractivity (Wildman–Crippen MR) is 89.6 cm³/mol. The molecule has 0 radical (unpaired) electrons. The van der Waals surface area contributed by atoms with Gasteiger partial charge in [0.15, 0.2) is 0 Å². The van der Waals surface area contributed by atoms with Crippen molar-refractivity contribution < 1.29 is 14.3 Å². The Labute approximate surface area is 135 Å². The third-order valence-corrected chi connectivity index (χ3v) is 5.10. The van der Waals surface area contributed by atoms with Crippen LogP contribution in [-0.4, -0.2) is 18.4 Å². The van der Waals surface area contributed by atoms with E-state index in [1.807, 2.05) is 27.7 Å². The molecule has 0 spiro atoms. The summed E-state index contributed by atoms with van der Waals surface area (Å²) in [4.78, 5) is 24.6. The molecule has 1 rings (SSSR count). The van der Waals surface area contributed by atoms with E-state index < -0.39 is 10.8 Å². The third kappa shape index (κ3) is 5.58. The fourth-order valence-electron chi connectivity index (χ4n) is 2.65. The van der Waals surface area contributed by atoms with Crippen LogP contribution in [0.25, 0.3) is 0 Å². The number of carbonyl (C=O) groups is 2. The highest BCUT2D eigenvalue weighted by molar-refractivity contribution is 5.82. The third-order valence-electron chi connectivity index (χ3n) is 5.10. The van der Waals surface area contributed by atoms with Crippen LogP contribution in [0.15, 0.2) is 12.2 Å². The van der Waals surface area contributed by atoms with E-state index in [0.717, 1.165) is 25.7 Å². The van der Waals surface area contributed by atoms with E-state index in [9.17, 15) is 9.59 Å². The zero-order valence-corrected chi connectivity index (χ0v) is 14.7. The average molecular weight is 308 g/mol. The van der Waals surface area contributed by atoms with Crippen LogP contribution in [0, 0.1) is 10.8 Å². The van der Waals surface area contributed by atoms with Crippen LogP contribution in [0.1, 0.15) is 79.1 Å². The largest absolute Gasteiger partial charge is 0.465 e. The molecule has 0 amide bonds. The second kappa shape index (κ2) is 8.50. The van der Waals surface area contributed by atoms with Crippen LogP contribution < -0.4 is 0 Å². The maximum atomic E-state index is 12.4. The van der Waals surface area contributed by atoms with Gasteiger partial charge in [-0.25, -0.2) is 0 Å². The Hall–Kier alpha value is -1.12. The monoisotopic (exact) mass is 308 g/mol. The lowest BCUT2D eigenvalue weighted by atomic mass is 9.65. The molecule has 0 aliphatic carbocycles. The Morgan fingerprint density at radius 1 is 0.909 bits per heavy atom. The number of carbonyl (C=O) groups excluding carboxylic acids is 2.